The highest BCUT2D eigenvalue weighted by Crippen LogP contribution is 2.26. The van der Waals surface area contributed by atoms with Crippen molar-refractivity contribution in [2.45, 2.75) is 24.3 Å². The van der Waals surface area contributed by atoms with Crippen LogP contribution in [0.5, 0.6) is 0 Å². The fraction of sp³-hybridized carbons (Fsp3) is 0.188. The van der Waals surface area contributed by atoms with E-state index in [-0.39, 0.29) is 17.4 Å². The summed E-state index contributed by atoms with van der Waals surface area (Å²) in [6.45, 7) is -0.159. The first-order valence-corrected chi connectivity index (χ1v) is 8.62. The second-order valence-corrected chi connectivity index (χ2v) is 7.01. The van der Waals surface area contributed by atoms with E-state index in [1.165, 1.54) is 6.07 Å². The second kappa shape index (κ2) is 6.02. The van der Waals surface area contributed by atoms with E-state index in [4.69, 9.17) is 5.11 Å². The summed E-state index contributed by atoms with van der Waals surface area (Å²) in [5.41, 5.74) is 2.47. The monoisotopic (exact) mass is 332 g/mol. The summed E-state index contributed by atoms with van der Waals surface area (Å²) in [5.74, 6) is -0.0629. The lowest BCUT2D eigenvalue weighted by Crippen LogP contribution is -2.20. The molecule has 0 bridgehead atoms. The summed E-state index contributed by atoms with van der Waals surface area (Å²) in [6.07, 6.45) is 0.868. The molecule has 1 amide bonds. The third kappa shape index (κ3) is 3.35. The zero-order chi connectivity index (χ0) is 16.4. The smallest absolute Gasteiger partial charge is 0.261 e. The molecule has 0 atom stereocenters. The van der Waals surface area contributed by atoms with Crippen LogP contribution in [0.15, 0.2) is 47.4 Å². The van der Waals surface area contributed by atoms with Gasteiger partial charge in [-0.2, -0.15) is 0 Å². The lowest BCUT2D eigenvalue weighted by atomic mass is 10.0. The maximum absolute atomic E-state index is 12.5. The molecule has 7 heteroatoms. The average molecular weight is 332 g/mol. The van der Waals surface area contributed by atoms with Crippen molar-refractivity contribution in [1.82, 2.24) is 0 Å². The number of amides is 1. The summed E-state index contributed by atoms with van der Waals surface area (Å²) in [5, 5.41) is 11.8. The molecule has 3 rings (SSSR count). The van der Waals surface area contributed by atoms with Crippen molar-refractivity contribution >= 4 is 27.3 Å². The summed E-state index contributed by atoms with van der Waals surface area (Å²) in [6, 6.07) is 11.2. The van der Waals surface area contributed by atoms with Crippen LogP contribution in [-0.2, 0) is 27.8 Å². The van der Waals surface area contributed by atoms with Gasteiger partial charge >= 0.3 is 0 Å². The van der Waals surface area contributed by atoms with E-state index in [1.54, 1.807) is 36.4 Å². The molecule has 0 spiro atoms. The molecule has 1 heterocycles. The molecule has 120 valence electrons. The van der Waals surface area contributed by atoms with Crippen molar-refractivity contribution in [3.63, 3.8) is 0 Å². The Labute approximate surface area is 134 Å². The number of carbonyl (C=O) groups is 1. The first-order valence-electron chi connectivity index (χ1n) is 7.13. The Morgan fingerprint density at radius 1 is 1.13 bits per heavy atom. The summed E-state index contributed by atoms with van der Waals surface area (Å²) in [7, 11) is -3.73. The molecule has 0 aromatic heterocycles. The maximum atomic E-state index is 12.5. The van der Waals surface area contributed by atoms with Crippen molar-refractivity contribution in [3.8, 4) is 0 Å². The first-order chi connectivity index (χ1) is 11.0. The van der Waals surface area contributed by atoms with Crippen molar-refractivity contribution in [2.75, 3.05) is 10.0 Å². The van der Waals surface area contributed by atoms with Crippen LogP contribution in [0.4, 0.5) is 11.4 Å². The number of sulfonamides is 1. The molecule has 1 aliphatic heterocycles. The van der Waals surface area contributed by atoms with Gasteiger partial charge in [-0.05, 0) is 47.9 Å². The highest BCUT2D eigenvalue weighted by atomic mass is 32.2. The quantitative estimate of drug-likeness (QED) is 0.796. The minimum atomic E-state index is -3.73. The minimum absolute atomic E-state index is 0.0629. The summed E-state index contributed by atoms with van der Waals surface area (Å²) >= 11 is 0. The van der Waals surface area contributed by atoms with Gasteiger partial charge in [-0.25, -0.2) is 8.42 Å². The maximum Gasteiger partial charge on any atom is 0.261 e. The van der Waals surface area contributed by atoms with Crippen molar-refractivity contribution < 1.29 is 18.3 Å². The summed E-state index contributed by atoms with van der Waals surface area (Å²) < 4.78 is 27.5. The molecule has 3 N–H and O–H groups in total. The first kappa shape index (κ1) is 15.5. The number of aliphatic hydroxyl groups is 1. The number of aryl methyl sites for hydroxylation is 1. The van der Waals surface area contributed by atoms with E-state index in [9.17, 15) is 13.2 Å². The Morgan fingerprint density at radius 2 is 1.96 bits per heavy atom. The number of hydrogen-bond donors (Lipinski definition) is 3. The van der Waals surface area contributed by atoms with E-state index < -0.39 is 10.0 Å². The largest absolute Gasteiger partial charge is 0.392 e. The van der Waals surface area contributed by atoms with E-state index >= 15 is 0 Å². The molecule has 2 aromatic carbocycles. The molecule has 0 saturated carbocycles. The van der Waals surface area contributed by atoms with Gasteiger partial charge in [0.15, 0.2) is 0 Å². The number of fused-ring (bicyclic) bond motifs is 1. The minimum Gasteiger partial charge on any atom is -0.392 e. The fourth-order valence-corrected chi connectivity index (χ4v) is 3.57. The topological polar surface area (TPSA) is 95.5 Å². The SMILES string of the molecule is O=C1CCc2cc(S(=O)(=O)Nc3cccc(CO)c3)ccc2N1. The normalized spacial score (nSPS) is 14.0. The van der Waals surface area contributed by atoms with Crippen LogP contribution < -0.4 is 10.0 Å². The van der Waals surface area contributed by atoms with Crippen molar-refractivity contribution in [2.24, 2.45) is 0 Å². The fourth-order valence-electron chi connectivity index (χ4n) is 2.47. The molecule has 23 heavy (non-hydrogen) atoms. The van der Waals surface area contributed by atoms with Gasteiger partial charge in [0, 0.05) is 17.8 Å². The molecule has 2 aromatic rings. The van der Waals surface area contributed by atoms with E-state index in [1.807, 2.05) is 0 Å². The third-order valence-corrected chi connectivity index (χ3v) is 5.02. The zero-order valence-electron chi connectivity index (χ0n) is 12.2. The van der Waals surface area contributed by atoms with Gasteiger partial charge in [-0.15, -0.1) is 0 Å². The van der Waals surface area contributed by atoms with E-state index in [2.05, 4.69) is 10.0 Å². The van der Waals surface area contributed by atoms with Crippen molar-refractivity contribution in [1.29, 1.82) is 0 Å². The highest BCUT2D eigenvalue weighted by molar-refractivity contribution is 7.92. The van der Waals surface area contributed by atoms with Crippen LogP contribution in [-0.4, -0.2) is 19.4 Å². The van der Waals surface area contributed by atoms with Crippen LogP contribution in [0.1, 0.15) is 17.5 Å². The number of carbonyl (C=O) groups excluding carboxylic acids is 1. The molecule has 0 unspecified atom stereocenters. The van der Waals surface area contributed by atoms with Gasteiger partial charge in [0.25, 0.3) is 10.0 Å². The Kier molecular flexibility index (Phi) is 4.06. The number of benzene rings is 2. The van der Waals surface area contributed by atoms with Gasteiger partial charge in [0.2, 0.25) is 5.91 Å². The Bertz CT molecular complexity index is 862. The number of anilines is 2. The van der Waals surface area contributed by atoms with Crippen LogP contribution in [0, 0.1) is 0 Å². The van der Waals surface area contributed by atoms with E-state index in [0.717, 1.165) is 5.56 Å². The lowest BCUT2D eigenvalue weighted by molar-refractivity contribution is -0.116. The zero-order valence-corrected chi connectivity index (χ0v) is 13.1. The predicted octanol–water partition coefficient (Wildman–Crippen LogP) is 1.86. The number of hydrogen-bond acceptors (Lipinski definition) is 4. The van der Waals surface area contributed by atoms with Gasteiger partial charge in [-0.3, -0.25) is 9.52 Å². The van der Waals surface area contributed by atoms with E-state index in [0.29, 0.717) is 29.8 Å². The third-order valence-electron chi connectivity index (χ3n) is 3.64. The molecular formula is C16H16N2O4S. The lowest BCUT2D eigenvalue weighted by Gasteiger charge is -2.18. The summed E-state index contributed by atoms with van der Waals surface area (Å²) in [4.78, 5) is 11.5. The molecule has 6 nitrogen and oxygen atoms in total. The molecule has 0 radical (unpaired) electrons. The van der Waals surface area contributed by atoms with Crippen LogP contribution in [0.3, 0.4) is 0 Å². The average Bonchev–Trinajstić information content (AvgIpc) is 2.54. The number of aliphatic hydroxyl groups excluding tert-OH is 1. The van der Waals surface area contributed by atoms with Gasteiger partial charge < -0.3 is 10.4 Å². The Morgan fingerprint density at radius 3 is 2.74 bits per heavy atom. The predicted molar refractivity (Wildman–Crippen MR) is 86.6 cm³/mol. The molecule has 0 fully saturated rings. The highest BCUT2D eigenvalue weighted by Gasteiger charge is 2.20. The van der Waals surface area contributed by atoms with Gasteiger partial charge in [0.05, 0.1) is 11.5 Å². The Hall–Kier alpha value is -2.38. The Balaban J connectivity index is 1.89. The second-order valence-electron chi connectivity index (χ2n) is 5.33. The molecule has 0 saturated heterocycles. The van der Waals surface area contributed by atoms with Gasteiger partial charge in [-0.1, -0.05) is 12.1 Å². The van der Waals surface area contributed by atoms with Crippen LogP contribution in [0.25, 0.3) is 0 Å². The number of nitrogens with one attached hydrogen (secondary N) is 2. The number of rotatable bonds is 4. The standard InChI is InChI=1S/C16H16N2O4S/c19-10-11-2-1-3-13(8-11)18-23(21,22)14-5-6-15-12(9-14)4-7-16(20)17-15/h1-3,5-6,8-9,18-19H,4,7,10H2,(H,17,20). The van der Waals surface area contributed by atoms with Gasteiger partial charge in [0.1, 0.15) is 0 Å². The van der Waals surface area contributed by atoms with Crippen molar-refractivity contribution in [3.05, 3.63) is 53.6 Å². The van der Waals surface area contributed by atoms with Crippen LogP contribution in [0.2, 0.25) is 0 Å². The molecule has 0 aliphatic carbocycles. The molecule has 1 aliphatic rings. The van der Waals surface area contributed by atoms with Crippen LogP contribution >= 0.6 is 0 Å². The molecular weight excluding hydrogens is 316 g/mol.